The van der Waals surface area contributed by atoms with E-state index in [-0.39, 0.29) is 6.04 Å². The lowest BCUT2D eigenvalue weighted by Crippen LogP contribution is -2.13. The highest BCUT2D eigenvalue weighted by atomic mass is 79.9. The minimum absolute atomic E-state index is 0.197. The third-order valence-corrected chi connectivity index (χ3v) is 3.14. The molecule has 2 aromatic rings. The van der Waals surface area contributed by atoms with E-state index in [2.05, 4.69) is 57.1 Å². The van der Waals surface area contributed by atoms with Gasteiger partial charge in [0.2, 0.25) is 0 Å². The molecule has 17 heavy (non-hydrogen) atoms. The quantitative estimate of drug-likeness (QED) is 0.910. The first-order valence-electron chi connectivity index (χ1n) is 5.75. The van der Waals surface area contributed by atoms with Gasteiger partial charge in [-0.3, -0.25) is 0 Å². The molecule has 0 aliphatic heterocycles. The summed E-state index contributed by atoms with van der Waals surface area (Å²) in [5, 5.41) is 0. The van der Waals surface area contributed by atoms with Crippen molar-refractivity contribution in [1.82, 2.24) is 9.97 Å². The third-order valence-electron chi connectivity index (χ3n) is 2.74. The highest BCUT2D eigenvalue weighted by Crippen LogP contribution is 2.19. The number of nitrogens with two attached hydrogens (primary N) is 1. The van der Waals surface area contributed by atoms with Crippen molar-refractivity contribution in [2.45, 2.75) is 25.8 Å². The molecule has 2 rings (SSSR count). The van der Waals surface area contributed by atoms with E-state index in [0.29, 0.717) is 0 Å². The van der Waals surface area contributed by atoms with Crippen LogP contribution in [0.4, 0.5) is 0 Å². The molecule has 3 nitrogen and oxygen atoms in total. The van der Waals surface area contributed by atoms with Crippen LogP contribution in [0.2, 0.25) is 0 Å². The number of nitrogens with one attached hydrogen (secondary N) is 1. The first-order chi connectivity index (χ1) is 8.20. The van der Waals surface area contributed by atoms with Gasteiger partial charge in [0.1, 0.15) is 10.4 Å². The number of hydrogen-bond donors (Lipinski definition) is 2. The van der Waals surface area contributed by atoms with E-state index in [9.17, 15) is 0 Å². The maximum absolute atomic E-state index is 6.14. The van der Waals surface area contributed by atoms with E-state index < -0.39 is 0 Å². The molecular weight excluding hydrogens is 278 g/mol. The predicted molar refractivity (Wildman–Crippen MR) is 72.8 cm³/mol. The average molecular weight is 294 g/mol. The largest absolute Gasteiger partial charge is 0.335 e. The van der Waals surface area contributed by atoms with E-state index in [1.54, 1.807) is 6.20 Å². The van der Waals surface area contributed by atoms with Crippen molar-refractivity contribution < 1.29 is 0 Å². The number of hydrogen-bond acceptors (Lipinski definition) is 2. The van der Waals surface area contributed by atoms with Crippen molar-refractivity contribution in [1.29, 1.82) is 0 Å². The molecule has 1 unspecified atom stereocenters. The van der Waals surface area contributed by atoms with Crippen LogP contribution in [0, 0.1) is 0 Å². The Labute approximate surface area is 110 Å². The monoisotopic (exact) mass is 293 g/mol. The summed E-state index contributed by atoms with van der Waals surface area (Å²) in [5.74, 6) is 0.778. The molecule has 0 radical (unpaired) electrons. The van der Waals surface area contributed by atoms with Gasteiger partial charge in [-0.05, 0) is 33.5 Å². The molecular formula is C13H16BrN3. The molecule has 1 heterocycles. The number of aromatic nitrogens is 2. The Morgan fingerprint density at radius 3 is 2.59 bits per heavy atom. The Balaban J connectivity index is 2.16. The molecule has 4 heteroatoms. The lowest BCUT2D eigenvalue weighted by Gasteiger charge is -2.09. The fourth-order valence-corrected chi connectivity index (χ4v) is 2.11. The van der Waals surface area contributed by atoms with Crippen LogP contribution in [0.5, 0.6) is 0 Å². The van der Waals surface area contributed by atoms with Crippen molar-refractivity contribution in [3.8, 4) is 0 Å². The number of imidazole rings is 1. The molecule has 1 atom stereocenters. The summed E-state index contributed by atoms with van der Waals surface area (Å²) < 4.78 is 0.852. The summed E-state index contributed by atoms with van der Waals surface area (Å²) in [7, 11) is 0. The second-order valence-electron chi connectivity index (χ2n) is 4.09. The number of nitrogens with zero attached hydrogens (tertiary/aromatic N) is 1. The first-order valence-corrected chi connectivity index (χ1v) is 6.55. The van der Waals surface area contributed by atoms with Crippen LogP contribution in [0.25, 0.3) is 0 Å². The second kappa shape index (κ2) is 5.47. The molecule has 3 N–H and O–H groups in total. The zero-order valence-corrected chi connectivity index (χ0v) is 11.4. The molecule has 0 amide bonds. The van der Waals surface area contributed by atoms with Crippen LogP contribution in [0.15, 0.2) is 35.1 Å². The standard InChI is InChI=1S/C13H16BrN3/c1-2-3-9-4-6-10(7-5-9)12(15)13-16-8-11(14)17-13/h4-8,12H,2-3,15H2,1H3,(H,16,17). The highest BCUT2D eigenvalue weighted by molar-refractivity contribution is 9.10. The number of aryl methyl sites for hydroxylation is 1. The Morgan fingerprint density at radius 1 is 1.35 bits per heavy atom. The van der Waals surface area contributed by atoms with Crippen LogP contribution < -0.4 is 5.73 Å². The van der Waals surface area contributed by atoms with Crippen LogP contribution in [-0.2, 0) is 6.42 Å². The van der Waals surface area contributed by atoms with Gasteiger partial charge in [0.05, 0.1) is 12.2 Å². The SMILES string of the molecule is CCCc1ccc(C(N)c2ncc(Br)[nH]2)cc1. The maximum atomic E-state index is 6.14. The predicted octanol–water partition coefficient (Wildman–Crippen LogP) is 3.17. The normalized spacial score (nSPS) is 12.6. The fraction of sp³-hybridized carbons (Fsp3) is 0.308. The molecule has 0 saturated carbocycles. The molecule has 0 saturated heterocycles. The number of rotatable bonds is 4. The summed E-state index contributed by atoms with van der Waals surface area (Å²) in [6.45, 7) is 2.18. The lowest BCUT2D eigenvalue weighted by atomic mass is 10.0. The lowest BCUT2D eigenvalue weighted by molar-refractivity contribution is 0.797. The Morgan fingerprint density at radius 2 is 2.06 bits per heavy atom. The van der Waals surface area contributed by atoms with Crippen LogP contribution in [-0.4, -0.2) is 9.97 Å². The van der Waals surface area contributed by atoms with Crippen molar-refractivity contribution in [3.63, 3.8) is 0 Å². The van der Waals surface area contributed by atoms with E-state index in [4.69, 9.17) is 5.73 Å². The van der Waals surface area contributed by atoms with Gasteiger partial charge in [-0.2, -0.15) is 0 Å². The van der Waals surface area contributed by atoms with Crippen LogP contribution >= 0.6 is 15.9 Å². The van der Waals surface area contributed by atoms with Gasteiger partial charge in [-0.25, -0.2) is 4.98 Å². The van der Waals surface area contributed by atoms with E-state index in [1.165, 1.54) is 5.56 Å². The molecule has 0 aliphatic rings. The average Bonchev–Trinajstić information content (AvgIpc) is 2.76. The van der Waals surface area contributed by atoms with E-state index in [1.807, 2.05) is 0 Å². The van der Waals surface area contributed by atoms with E-state index in [0.717, 1.165) is 28.8 Å². The number of benzene rings is 1. The first kappa shape index (κ1) is 12.3. The summed E-state index contributed by atoms with van der Waals surface area (Å²) in [4.78, 5) is 7.32. The number of H-pyrrole nitrogens is 1. The molecule has 0 bridgehead atoms. The zero-order valence-electron chi connectivity index (χ0n) is 9.78. The molecule has 0 aliphatic carbocycles. The van der Waals surface area contributed by atoms with Crippen molar-refractivity contribution in [3.05, 3.63) is 52.0 Å². The topological polar surface area (TPSA) is 54.7 Å². The number of halogens is 1. The molecule has 0 fully saturated rings. The van der Waals surface area contributed by atoms with Crippen molar-refractivity contribution >= 4 is 15.9 Å². The minimum atomic E-state index is -0.197. The van der Waals surface area contributed by atoms with Gasteiger partial charge in [0, 0.05) is 0 Å². The minimum Gasteiger partial charge on any atom is -0.335 e. The van der Waals surface area contributed by atoms with Gasteiger partial charge in [0.25, 0.3) is 0 Å². The second-order valence-corrected chi connectivity index (χ2v) is 4.94. The Hall–Kier alpha value is -1.13. The van der Waals surface area contributed by atoms with Crippen LogP contribution in [0.1, 0.15) is 36.3 Å². The summed E-state index contributed by atoms with van der Waals surface area (Å²) >= 11 is 3.33. The number of aromatic amines is 1. The molecule has 1 aromatic carbocycles. The summed E-state index contributed by atoms with van der Waals surface area (Å²) in [5.41, 5.74) is 8.57. The van der Waals surface area contributed by atoms with Gasteiger partial charge in [-0.1, -0.05) is 37.6 Å². The highest BCUT2D eigenvalue weighted by Gasteiger charge is 2.11. The Kier molecular flexibility index (Phi) is 3.97. The van der Waals surface area contributed by atoms with Crippen LogP contribution in [0.3, 0.4) is 0 Å². The molecule has 90 valence electrons. The zero-order chi connectivity index (χ0) is 12.3. The fourth-order valence-electron chi connectivity index (χ4n) is 1.81. The van der Waals surface area contributed by atoms with Crippen molar-refractivity contribution in [2.24, 2.45) is 5.73 Å². The smallest absolute Gasteiger partial charge is 0.128 e. The third kappa shape index (κ3) is 2.96. The summed E-state index contributed by atoms with van der Waals surface area (Å²) in [6.07, 6.45) is 4.00. The van der Waals surface area contributed by atoms with E-state index >= 15 is 0 Å². The van der Waals surface area contributed by atoms with Gasteiger partial charge >= 0.3 is 0 Å². The molecule has 0 spiro atoms. The van der Waals surface area contributed by atoms with Crippen molar-refractivity contribution in [2.75, 3.05) is 0 Å². The Bertz CT molecular complexity index is 476. The maximum Gasteiger partial charge on any atom is 0.128 e. The summed E-state index contributed by atoms with van der Waals surface area (Å²) in [6, 6.07) is 8.22. The molecule has 1 aromatic heterocycles. The van der Waals surface area contributed by atoms with Gasteiger partial charge < -0.3 is 10.7 Å². The van der Waals surface area contributed by atoms with Gasteiger partial charge in [-0.15, -0.1) is 0 Å². The van der Waals surface area contributed by atoms with Gasteiger partial charge in [0.15, 0.2) is 0 Å².